The van der Waals surface area contributed by atoms with E-state index in [1.165, 1.54) is 60.3 Å². The zero-order chi connectivity index (χ0) is 58.8. The van der Waals surface area contributed by atoms with Gasteiger partial charge in [0.05, 0.1) is 25.3 Å². The van der Waals surface area contributed by atoms with Gasteiger partial charge in [-0.2, -0.15) is 0 Å². The first kappa shape index (κ1) is 68.1. The molecule has 9 unspecified atom stereocenters. The molecule has 1 fully saturated rings. The average molecular weight is 1080 g/mol. The van der Waals surface area contributed by atoms with Crippen LogP contribution in [-0.2, 0) is 52.7 Å². The molecule has 0 aromatic carbocycles. The van der Waals surface area contributed by atoms with Crippen molar-refractivity contribution in [1.82, 2.24) is 58.1 Å². The Labute approximate surface area is 449 Å². The van der Waals surface area contributed by atoms with Gasteiger partial charge in [-0.1, -0.05) is 62.3 Å². The minimum Gasteiger partial charge on any atom is -0.394 e. The van der Waals surface area contributed by atoms with Crippen LogP contribution >= 0.6 is 0 Å². The Kier molecular flexibility index (Phi) is 27.0. The van der Waals surface area contributed by atoms with Crippen LogP contribution in [-0.4, -0.2) is 165 Å². The van der Waals surface area contributed by atoms with E-state index in [1.807, 2.05) is 41.5 Å². The Morgan fingerprint density at radius 3 is 1.61 bits per heavy atom. The number of likely N-dealkylation sites (tertiary alicyclic amines) is 1. The molecule has 1 rings (SSSR count). The van der Waals surface area contributed by atoms with E-state index in [2.05, 4.69) is 53.2 Å². The Bertz CT molecular complexity index is 2060. The number of nitrogens with zero attached hydrogens (tertiary/aromatic N) is 1. The monoisotopic (exact) mass is 1080 g/mol. The predicted octanol–water partition coefficient (Wildman–Crippen LogP) is -0.716. The van der Waals surface area contributed by atoms with Crippen molar-refractivity contribution in [3.8, 4) is 0 Å². The van der Waals surface area contributed by atoms with E-state index < -0.39 is 142 Å². The molecule has 24 nitrogen and oxygen atoms in total. The number of hydrogen-bond acceptors (Lipinski definition) is 13. The van der Waals surface area contributed by atoms with E-state index in [1.54, 1.807) is 20.8 Å². The van der Waals surface area contributed by atoms with Crippen molar-refractivity contribution in [1.29, 1.82) is 0 Å². The van der Waals surface area contributed by atoms with Crippen molar-refractivity contribution in [2.75, 3.05) is 19.7 Å². The van der Waals surface area contributed by atoms with Crippen LogP contribution < -0.4 is 53.2 Å². The summed E-state index contributed by atoms with van der Waals surface area (Å²) >= 11 is 0. The Hall–Kier alpha value is -5.91. The number of nitrogens with one attached hydrogen (secondary N) is 10. The highest BCUT2D eigenvalue weighted by Gasteiger charge is 2.44. The van der Waals surface area contributed by atoms with Crippen molar-refractivity contribution in [3.63, 3.8) is 0 Å². The van der Waals surface area contributed by atoms with E-state index in [0.29, 0.717) is 19.3 Å². The number of aliphatic hydroxyl groups is 2. The van der Waals surface area contributed by atoms with Crippen molar-refractivity contribution >= 4 is 65.0 Å². The molecule has 0 bridgehead atoms. The summed E-state index contributed by atoms with van der Waals surface area (Å²) in [6.07, 6.45) is 0.287. The lowest BCUT2D eigenvalue weighted by Gasteiger charge is -2.35. The highest BCUT2D eigenvalue weighted by Crippen LogP contribution is 2.23. The van der Waals surface area contributed by atoms with Crippen LogP contribution in [0, 0.1) is 23.7 Å². The molecule has 12 N–H and O–H groups in total. The zero-order valence-electron chi connectivity index (χ0n) is 48.1. The average Bonchev–Trinajstić information content (AvgIpc) is 3.79. The largest absolute Gasteiger partial charge is 0.394 e. The summed E-state index contributed by atoms with van der Waals surface area (Å²) in [5, 5.41) is 46.1. The van der Waals surface area contributed by atoms with Crippen LogP contribution in [0.2, 0.25) is 0 Å². The molecule has 1 aliphatic heterocycles. The van der Waals surface area contributed by atoms with Crippen molar-refractivity contribution in [3.05, 3.63) is 0 Å². The van der Waals surface area contributed by atoms with E-state index >= 15 is 0 Å². The molecular weight excluding hydrogens is 987 g/mol. The lowest BCUT2D eigenvalue weighted by molar-refractivity contribution is -0.146. The smallest absolute Gasteiger partial charge is 0.248 e. The minimum atomic E-state index is -1.62. The normalized spacial score (nSPS) is 17.4. The van der Waals surface area contributed by atoms with E-state index in [-0.39, 0.29) is 50.2 Å². The first-order valence-corrected chi connectivity index (χ1v) is 26.6. The van der Waals surface area contributed by atoms with Gasteiger partial charge >= 0.3 is 0 Å². The van der Waals surface area contributed by atoms with Gasteiger partial charge < -0.3 is 68.3 Å². The third-order valence-electron chi connectivity index (χ3n) is 12.9. The topological polar surface area (TPSA) is 352 Å². The lowest BCUT2D eigenvalue weighted by atomic mass is 9.95. The number of carbonyl (C=O) groups excluding carboxylic acids is 11. The summed E-state index contributed by atoms with van der Waals surface area (Å²) in [7, 11) is 0. The number of rotatable bonds is 30. The Morgan fingerprint density at radius 2 is 1.12 bits per heavy atom. The highest BCUT2D eigenvalue weighted by molar-refractivity contribution is 6.00. The molecule has 0 radical (unpaired) electrons. The van der Waals surface area contributed by atoms with E-state index in [0.717, 1.165) is 0 Å². The number of aliphatic hydroxyl groups excluding tert-OH is 2. The van der Waals surface area contributed by atoms with Gasteiger partial charge in [0, 0.05) is 13.5 Å². The zero-order valence-corrected chi connectivity index (χ0v) is 48.1. The fraction of sp³-hybridized carbons (Fsp3) is 0.788. The summed E-state index contributed by atoms with van der Waals surface area (Å²) in [4.78, 5) is 149. The molecule has 76 heavy (non-hydrogen) atoms. The van der Waals surface area contributed by atoms with Crippen LogP contribution in [0.25, 0.3) is 0 Å². The van der Waals surface area contributed by atoms with Crippen LogP contribution in [0.15, 0.2) is 0 Å². The number of amides is 11. The standard InChI is InChI=1S/C52H93N11O13/c1-18-52(17,48(75)53-25-38(67)58-40(32(11)65)45(72)56-34(26-64)22-27(2)3)62-43(70)36(24-29(6)7)57-44(71)37-20-19-21-63(37)49(76)51(15,16)61-46(73)39(30(8)9)59-41(68)31(10)54-47(74)50(13,14)60-42(69)35(23-28(4)5)55-33(12)66/h27-32,34-37,39-40,64-65H,18-26H2,1-17H3,(H,53,75)(H,54,74)(H,55,66)(H,56,72)(H,57,71)(H,58,67)(H,59,68)(H,60,69)(H,61,73)(H,62,70). The molecule has 1 heterocycles. The quantitative estimate of drug-likeness (QED) is 0.0424. The van der Waals surface area contributed by atoms with Crippen molar-refractivity contribution in [2.45, 2.75) is 221 Å². The molecular formula is C52H93N11O13. The second-order valence-electron chi connectivity index (χ2n) is 23.0. The van der Waals surface area contributed by atoms with Gasteiger partial charge in [0.2, 0.25) is 65.0 Å². The molecule has 0 spiro atoms. The summed E-state index contributed by atoms with van der Waals surface area (Å²) < 4.78 is 0. The van der Waals surface area contributed by atoms with E-state index in [9.17, 15) is 63.0 Å². The van der Waals surface area contributed by atoms with Crippen LogP contribution in [0.4, 0.5) is 0 Å². The highest BCUT2D eigenvalue weighted by atomic mass is 16.3. The molecule has 434 valence electrons. The molecule has 1 aliphatic rings. The summed E-state index contributed by atoms with van der Waals surface area (Å²) in [6, 6.07) is -7.50. The molecule has 1 saturated heterocycles. The van der Waals surface area contributed by atoms with Gasteiger partial charge in [-0.3, -0.25) is 52.7 Å². The molecule has 0 saturated carbocycles. The van der Waals surface area contributed by atoms with Crippen molar-refractivity contribution in [2.24, 2.45) is 23.7 Å². The van der Waals surface area contributed by atoms with Gasteiger partial charge in [-0.25, -0.2) is 0 Å². The summed E-state index contributed by atoms with van der Waals surface area (Å²) in [5.41, 5.74) is -4.73. The van der Waals surface area contributed by atoms with Crippen LogP contribution in [0.3, 0.4) is 0 Å². The molecule has 11 amide bonds. The van der Waals surface area contributed by atoms with Gasteiger partial charge in [0.25, 0.3) is 0 Å². The maximum absolute atomic E-state index is 14.3. The second kappa shape index (κ2) is 30.1. The maximum Gasteiger partial charge on any atom is 0.248 e. The minimum absolute atomic E-state index is 0.0507. The number of carbonyl (C=O) groups is 11. The fourth-order valence-electron chi connectivity index (χ4n) is 8.40. The van der Waals surface area contributed by atoms with E-state index in [4.69, 9.17) is 0 Å². The first-order chi connectivity index (χ1) is 34.9. The third-order valence-corrected chi connectivity index (χ3v) is 12.9. The van der Waals surface area contributed by atoms with Crippen molar-refractivity contribution < 1.29 is 63.0 Å². The molecule has 0 aromatic rings. The Morgan fingerprint density at radius 1 is 0.592 bits per heavy atom. The molecule has 0 aliphatic carbocycles. The number of hydrogen-bond donors (Lipinski definition) is 12. The van der Waals surface area contributed by atoms with Crippen LogP contribution in [0.1, 0.15) is 156 Å². The second-order valence-corrected chi connectivity index (χ2v) is 23.0. The molecule has 24 heteroatoms. The van der Waals surface area contributed by atoms with Gasteiger partial charge in [0.15, 0.2) is 0 Å². The third kappa shape index (κ3) is 21.6. The van der Waals surface area contributed by atoms with Gasteiger partial charge in [0.1, 0.15) is 52.9 Å². The Balaban J connectivity index is 3.11. The maximum atomic E-state index is 14.3. The van der Waals surface area contributed by atoms with Gasteiger partial charge in [-0.15, -0.1) is 0 Å². The molecule has 9 atom stereocenters. The summed E-state index contributed by atoms with van der Waals surface area (Å²) in [5.74, 6) is -7.87. The molecule has 0 aromatic heterocycles. The summed E-state index contributed by atoms with van der Waals surface area (Å²) in [6.45, 7) is 26.6. The van der Waals surface area contributed by atoms with Crippen LogP contribution in [0.5, 0.6) is 0 Å². The first-order valence-electron chi connectivity index (χ1n) is 26.6. The lowest BCUT2D eigenvalue weighted by Crippen LogP contribution is -2.64. The predicted molar refractivity (Wildman–Crippen MR) is 284 cm³/mol. The SMILES string of the molecule is CCC(C)(NC(=O)C(CC(C)C)NC(=O)C1CCCN1C(=O)C(C)(C)NC(=O)C(NC(=O)C(C)NC(=O)C(C)(C)NC(=O)C(CC(C)C)NC(C)=O)C(C)C)C(=O)NCC(=O)NC(C(=O)NC(CO)CC(C)C)C(C)O. The fourth-order valence-corrected chi connectivity index (χ4v) is 8.40. The van der Waals surface area contributed by atoms with Gasteiger partial charge in [-0.05, 0) is 111 Å².